The Morgan fingerprint density at radius 3 is 2.72 bits per heavy atom. The molecule has 0 atom stereocenters. The highest BCUT2D eigenvalue weighted by Gasteiger charge is 2.12. The van der Waals surface area contributed by atoms with Gasteiger partial charge in [-0.1, -0.05) is 28.1 Å². The average molecular weight is 328 g/mol. The molecular formula is C11H7BrFN3OS. The minimum absolute atomic E-state index is 0.0243. The first-order valence-electron chi connectivity index (χ1n) is 4.81. The molecule has 1 aromatic heterocycles. The zero-order chi connectivity index (χ0) is 13.1. The highest BCUT2D eigenvalue weighted by molar-refractivity contribution is 9.10. The fourth-order valence-electron chi connectivity index (χ4n) is 1.23. The second-order valence-electron chi connectivity index (χ2n) is 3.25. The highest BCUT2D eigenvalue weighted by atomic mass is 79.9. The van der Waals surface area contributed by atoms with Gasteiger partial charge in [0, 0.05) is 16.9 Å². The number of hydrogen-bond donors (Lipinski definition) is 1. The van der Waals surface area contributed by atoms with Crippen molar-refractivity contribution >= 4 is 33.1 Å². The lowest BCUT2D eigenvalue weighted by Crippen LogP contribution is -2.13. The Morgan fingerprint density at radius 1 is 1.33 bits per heavy atom. The maximum atomic E-state index is 13.6. The largest absolute Gasteiger partial charge is 0.434 e. The van der Waals surface area contributed by atoms with Crippen LogP contribution in [0.1, 0.15) is 5.69 Å². The number of nitrogens with two attached hydrogens (primary N) is 1. The molecule has 0 unspecified atom stereocenters. The van der Waals surface area contributed by atoms with Crippen LogP contribution in [0.4, 0.5) is 4.39 Å². The molecule has 0 spiro atoms. The number of ether oxygens (including phenoxy) is 1. The fourth-order valence-corrected chi connectivity index (χ4v) is 1.70. The molecule has 0 aliphatic carbocycles. The summed E-state index contributed by atoms with van der Waals surface area (Å²) < 4.78 is 19.5. The summed E-state index contributed by atoms with van der Waals surface area (Å²) in [6.07, 6.45) is 2.84. The zero-order valence-electron chi connectivity index (χ0n) is 8.93. The molecule has 7 heteroatoms. The molecule has 92 valence electrons. The summed E-state index contributed by atoms with van der Waals surface area (Å²) in [5.41, 5.74) is 5.70. The monoisotopic (exact) mass is 327 g/mol. The minimum Gasteiger partial charge on any atom is -0.434 e. The van der Waals surface area contributed by atoms with E-state index in [1.165, 1.54) is 24.5 Å². The van der Waals surface area contributed by atoms with E-state index in [2.05, 4.69) is 25.9 Å². The molecule has 18 heavy (non-hydrogen) atoms. The molecule has 0 aliphatic heterocycles. The first-order chi connectivity index (χ1) is 8.58. The van der Waals surface area contributed by atoms with Gasteiger partial charge in [0.1, 0.15) is 4.99 Å². The van der Waals surface area contributed by atoms with Crippen LogP contribution in [0.25, 0.3) is 0 Å². The van der Waals surface area contributed by atoms with Crippen molar-refractivity contribution in [2.75, 3.05) is 0 Å². The third kappa shape index (κ3) is 2.80. The predicted octanol–water partition coefficient (Wildman–Crippen LogP) is 2.80. The summed E-state index contributed by atoms with van der Waals surface area (Å²) in [5.74, 6) is -0.425. The van der Waals surface area contributed by atoms with Crippen LogP contribution in [-0.2, 0) is 0 Å². The summed E-state index contributed by atoms with van der Waals surface area (Å²) in [4.78, 5) is 7.90. The van der Waals surface area contributed by atoms with E-state index >= 15 is 0 Å². The summed E-state index contributed by atoms with van der Waals surface area (Å²) in [5, 5.41) is 0. The van der Waals surface area contributed by atoms with Crippen molar-refractivity contribution in [3.05, 3.63) is 46.6 Å². The maximum Gasteiger partial charge on any atom is 0.248 e. The Labute approximate surface area is 116 Å². The van der Waals surface area contributed by atoms with Crippen molar-refractivity contribution in [1.82, 2.24) is 9.97 Å². The van der Waals surface area contributed by atoms with Crippen LogP contribution in [0.5, 0.6) is 11.6 Å². The van der Waals surface area contributed by atoms with Crippen LogP contribution in [0.15, 0.2) is 35.1 Å². The van der Waals surface area contributed by atoms with Gasteiger partial charge in [0.05, 0.1) is 0 Å². The van der Waals surface area contributed by atoms with Crippen LogP contribution in [0, 0.1) is 5.82 Å². The molecule has 0 radical (unpaired) electrons. The van der Waals surface area contributed by atoms with E-state index in [1.807, 2.05) is 0 Å². The van der Waals surface area contributed by atoms with Gasteiger partial charge in [0.15, 0.2) is 17.3 Å². The molecule has 2 rings (SSSR count). The lowest BCUT2D eigenvalue weighted by atomic mass is 10.3. The van der Waals surface area contributed by atoms with E-state index in [0.29, 0.717) is 4.47 Å². The van der Waals surface area contributed by atoms with Gasteiger partial charge in [-0.25, -0.2) is 14.4 Å². The van der Waals surface area contributed by atoms with E-state index in [9.17, 15) is 4.39 Å². The molecule has 4 nitrogen and oxygen atoms in total. The minimum atomic E-state index is -0.524. The number of halogens is 2. The first kappa shape index (κ1) is 12.8. The SMILES string of the molecule is NC(=S)c1nccnc1Oc1ccc(Br)cc1F. The van der Waals surface area contributed by atoms with Gasteiger partial charge in [0.2, 0.25) is 5.88 Å². The Hall–Kier alpha value is -1.60. The van der Waals surface area contributed by atoms with Gasteiger partial charge in [-0.3, -0.25) is 0 Å². The number of hydrogen-bond acceptors (Lipinski definition) is 4. The molecule has 1 aromatic carbocycles. The third-order valence-electron chi connectivity index (χ3n) is 2.00. The summed E-state index contributed by atoms with van der Waals surface area (Å²) >= 11 is 7.97. The maximum absolute atomic E-state index is 13.6. The van der Waals surface area contributed by atoms with Gasteiger partial charge in [-0.05, 0) is 18.2 Å². The first-order valence-corrected chi connectivity index (χ1v) is 6.02. The summed E-state index contributed by atoms with van der Waals surface area (Å²) in [6.45, 7) is 0. The number of rotatable bonds is 3. The van der Waals surface area contributed by atoms with E-state index in [1.54, 1.807) is 6.07 Å². The Balaban J connectivity index is 2.37. The highest BCUT2D eigenvalue weighted by Crippen LogP contribution is 2.26. The van der Waals surface area contributed by atoms with Crippen LogP contribution in [0.3, 0.4) is 0 Å². The van der Waals surface area contributed by atoms with Crippen LogP contribution in [-0.4, -0.2) is 15.0 Å². The summed E-state index contributed by atoms with van der Waals surface area (Å²) in [7, 11) is 0. The van der Waals surface area contributed by atoms with E-state index < -0.39 is 5.82 Å². The second-order valence-corrected chi connectivity index (χ2v) is 4.61. The van der Waals surface area contributed by atoms with Gasteiger partial charge < -0.3 is 10.5 Å². The van der Waals surface area contributed by atoms with Crippen molar-refractivity contribution < 1.29 is 9.13 Å². The van der Waals surface area contributed by atoms with Crippen molar-refractivity contribution in [2.24, 2.45) is 5.73 Å². The number of nitrogens with zero attached hydrogens (tertiary/aromatic N) is 2. The molecule has 0 saturated heterocycles. The van der Waals surface area contributed by atoms with E-state index in [4.69, 9.17) is 22.7 Å². The van der Waals surface area contributed by atoms with Gasteiger partial charge in [-0.15, -0.1) is 0 Å². The predicted molar refractivity (Wildman–Crippen MR) is 72.1 cm³/mol. The average Bonchev–Trinajstić information content (AvgIpc) is 2.33. The molecule has 0 amide bonds. The van der Waals surface area contributed by atoms with Gasteiger partial charge in [-0.2, -0.15) is 0 Å². The molecule has 0 fully saturated rings. The molecule has 1 heterocycles. The number of benzene rings is 1. The molecule has 0 saturated carbocycles. The van der Waals surface area contributed by atoms with Crippen molar-refractivity contribution in [1.29, 1.82) is 0 Å². The topological polar surface area (TPSA) is 61.0 Å². The number of aromatic nitrogens is 2. The van der Waals surface area contributed by atoms with Crippen LogP contribution in [0.2, 0.25) is 0 Å². The van der Waals surface area contributed by atoms with Crippen molar-refractivity contribution in [3.63, 3.8) is 0 Å². The Kier molecular flexibility index (Phi) is 3.83. The molecule has 2 N–H and O–H groups in total. The zero-order valence-corrected chi connectivity index (χ0v) is 11.3. The lowest BCUT2D eigenvalue weighted by Gasteiger charge is -2.08. The fraction of sp³-hybridized carbons (Fsp3) is 0. The Morgan fingerprint density at radius 2 is 2.06 bits per heavy atom. The second kappa shape index (κ2) is 5.36. The van der Waals surface area contributed by atoms with Crippen molar-refractivity contribution in [2.45, 2.75) is 0 Å². The van der Waals surface area contributed by atoms with Gasteiger partial charge in [0.25, 0.3) is 0 Å². The Bertz CT molecular complexity index is 609. The molecule has 0 bridgehead atoms. The van der Waals surface area contributed by atoms with Gasteiger partial charge >= 0.3 is 0 Å². The standard InChI is InChI=1S/C11H7BrFN3OS/c12-6-1-2-8(7(13)5-6)17-11-9(10(14)18)15-3-4-16-11/h1-5H,(H2,14,18). The van der Waals surface area contributed by atoms with E-state index in [0.717, 1.165) is 0 Å². The molecule has 2 aromatic rings. The van der Waals surface area contributed by atoms with Crippen LogP contribution >= 0.6 is 28.1 Å². The quantitative estimate of drug-likeness (QED) is 0.878. The van der Waals surface area contributed by atoms with E-state index in [-0.39, 0.29) is 22.3 Å². The lowest BCUT2D eigenvalue weighted by molar-refractivity contribution is 0.424. The third-order valence-corrected chi connectivity index (χ3v) is 2.69. The normalized spacial score (nSPS) is 10.1. The van der Waals surface area contributed by atoms with Crippen LogP contribution < -0.4 is 10.5 Å². The molecular weight excluding hydrogens is 321 g/mol. The molecule has 0 aliphatic rings. The number of thiocarbonyl (C=S) groups is 1. The van der Waals surface area contributed by atoms with Crippen molar-refractivity contribution in [3.8, 4) is 11.6 Å². The summed E-state index contributed by atoms with van der Waals surface area (Å²) in [6, 6.07) is 4.40. The smallest absolute Gasteiger partial charge is 0.248 e.